The summed E-state index contributed by atoms with van der Waals surface area (Å²) in [4.78, 5) is 16.5. The Morgan fingerprint density at radius 3 is 2.17 bits per heavy atom. The Hall–Kier alpha value is -2.50. The first-order valence-electron chi connectivity index (χ1n) is 10.5. The monoisotopic (exact) mass is 399 g/mol. The third-order valence-corrected chi connectivity index (χ3v) is 4.09. The molecule has 0 fully saturated rings. The van der Waals surface area contributed by atoms with E-state index in [0.29, 0.717) is 17.2 Å². The molecule has 2 heterocycles. The molecular formula is C23H37N5O. The molecule has 6 nitrogen and oxygen atoms in total. The molecule has 0 atom stereocenters. The number of hydrogen-bond donors (Lipinski definition) is 2. The van der Waals surface area contributed by atoms with Crippen LogP contribution in [0.3, 0.4) is 0 Å². The molecular weight excluding hydrogens is 362 g/mol. The minimum atomic E-state index is -0.100. The first-order chi connectivity index (χ1) is 13.5. The van der Waals surface area contributed by atoms with Crippen molar-refractivity contribution in [3.05, 3.63) is 29.7 Å². The van der Waals surface area contributed by atoms with Crippen molar-refractivity contribution < 1.29 is 4.79 Å². The van der Waals surface area contributed by atoms with Gasteiger partial charge < -0.3 is 10.7 Å². The lowest BCUT2D eigenvalue weighted by molar-refractivity contribution is 0.101. The average molecular weight is 400 g/mol. The Kier molecular flexibility index (Phi) is 9.21. The van der Waals surface area contributed by atoms with Crippen molar-refractivity contribution in [2.45, 2.75) is 80.8 Å². The third-order valence-electron chi connectivity index (χ3n) is 4.09. The molecule has 0 aliphatic rings. The van der Waals surface area contributed by atoms with Gasteiger partial charge in [-0.2, -0.15) is 5.10 Å². The van der Waals surface area contributed by atoms with E-state index in [1.54, 1.807) is 12.3 Å². The topological polar surface area (TPSA) is 83.7 Å². The standard InChI is InChI=1S/C20H29N5O.C3H8/c1-11(2)19(21)18-16(15-9-22-25(10-15)13(5)6)8-17(14(7)26)24-20(18)23-12(3)4;1-3-2/h8-13,21H,1-7H3,(H,23,24);3H2,1-2H3. The number of hydrogen-bond acceptors (Lipinski definition) is 5. The van der Waals surface area contributed by atoms with Crippen molar-refractivity contribution in [1.82, 2.24) is 14.8 Å². The number of carbonyl (C=O) groups is 1. The fraction of sp³-hybridized carbons (Fsp3) is 0.565. The van der Waals surface area contributed by atoms with Gasteiger partial charge in [0.25, 0.3) is 0 Å². The Bertz CT molecular complexity index is 834. The third kappa shape index (κ3) is 6.51. The molecule has 0 saturated carbocycles. The van der Waals surface area contributed by atoms with Gasteiger partial charge in [0.1, 0.15) is 11.5 Å². The predicted octanol–water partition coefficient (Wildman–Crippen LogP) is 5.99. The molecule has 0 radical (unpaired) electrons. The molecule has 2 aromatic rings. The van der Waals surface area contributed by atoms with Crippen molar-refractivity contribution in [1.29, 1.82) is 5.41 Å². The molecule has 0 aromatic carbocycles. The van der Waals surface area contributed by atoms with Crippen molar-refractivity contribution in [3.63, 3.8) is 0 Å². The van der Waals surface area contributed by atoms with Gasteiger partial charge in [-0.3, -0.25) is 9.48 Å². The molecule has 2 aromatic heterocycles. The van der Waals surface area contributed by atoms with Gasteiger partial charge in [-0.1, -0.05) is 34.1 Å². The second-order valence-corrected chi connectivity index (χ2v) is 8.21. The predicted molar refractivity (Wildman–Crippen MR) is 122 cm³/mol. The first kappa shape index (κ1) is 24.5. The van der Waals surface area contributed by atoms with E-state index in [-0.39, 0.29) is 23.8 Å². The summed E-state index contributed by atoms with van der Waals surface area (Å²) in [6.07, 6.45) is 5.00. The number of rotatable bonds is 7. The molecule has 2 rings (SSSR count). The van der Waals surface area contributed by atoms with Gasteiger partial charge in [-0.15, -0.1) is 0 Å². The summed E-state index contributed by atoms with van der Waals surface area (Å²) in [5.74, 6) is 0.516. The van der Waals surface area contributed by atoms with Gasteiger partial charge in [-0.25, -0.2) is 4.98 Å². The molecule has 0 aliphatic carbocycles. The van der Waals surface area contributed by atoms with Crippen molar-refractivity contribution in [2.75, 3.05) is 5.32 Å². The van der Waals surface area contributed by atoms with Crippen LogP contribution in [0.1, 0.15) is 90.8 Å². The zero-order chi connectivity index (χ0) is 22.3. The number of Topliss-reactive ketones (excluding diaryl/α,β-unsaturated/α-hetero) is 1. The number of nitrogens with one attached hydrogen (secondary N) is 2. The number of anilines is 1. The zero-order valence-corrected chi connectivity index (χ0v) is 19.4. The molecule has 0 amide bonds. The summed E-state index contributed by atoms with van der Waals surface area (Å²) in [7, 11) is 0. The van der Waals surface area contributed by atoms with Crippen LogP contribution in [0.25, 0.3) is 11.1 Å². The van der Waals surface area contributed by atoms with Crippen LogP contribution in [-0.4, -0.2) is 32.3 Å². The number of aromatic nitrogens is 3. The van der Waals surface area contributed by atoms with E-state index in [0.717, 1.165) is 16.7 Å². The number of carbonyl (C=O) groups excluding carboxylic acids is 1. The Balaban J connectivity index is 0.00000132. The van der Waals surface area contributed by atoms with Crippen LogP contribution in [0.5, 0.6) is 0 Å². The van der Waals surface area contributed by atoms with Gasteiger partial charge in [0.15, 0.2) is 5.78 Å². The molecule has 0 aliphatic heterocycles. The molecule has 0 unspecified atom stereocenters. The summed E-state index contributed by atoms with van der Waals surface area (Å²) in [6, 6.07) is 2.15. The maximum absolute atomic E-state index is 12.0. The smallest absolute Gasteiger partial charge is 0.178 e. The lowest BCUT2D eigenvalue weighted by Crippen LogP contribution is -2.19. The highest BCUT2D eigenvalue weighted by atomic mass is 16.1. The number of nitrogens with zero attached hydrogens (tertiary/aromatic N) is 3. The number of pyridine rings is 1. The van der Waals surface area contributed by atoms with Crippen LogP contribution in [0, 0.1) is 11.3 Å². The van der Waals surface area contributed by atoms with Crippen LogP contribution in [0.15, 0.2) is 18.5 Å². The summed E-state index contributed by atoms with van der Waals surface area (Å²) >= 11 is 0. The van der Waals surface area contributed by atoms with Gasteiger partial charge in [0, 0.05) is 42.0 Å². The first-order valence-corrected chi connectivity index (χ1v) is 10.5. The lowest BCUT2D eigenvalue weighted by atomic mass is 9.92. The van der Waals surface area contributed by atoms with Gasteiger partial charge in [0.2, 0.25) is 0 Å². The summed E-state index contributed by atoms with van der Waals surface area (Å²) in [5.41, 5.74) is 3.32. The molecule has 6 heteroatoms. The zero-order valence-electron chi connectivity index (χ0n) is 19.4. The SMILES string of the molecule is CC(=O)c1cc(-c2cnn(C(C)C)c2)c(C(=N)C(C)C)c(NC(C)C)n1.CCC. The van der Waals surface area contributed by atoms with Gasteiger partial charge in [-0.05, 0) is 45.2 Å². The van der Waals surface area contributed by atoms with Crippen LogP contribution < -0.4 is 5.32 Å². The maximum Gasteiger partial charge on any atom is 0.178 e. The second-order valence-electron chi connectivity index (χ2n) is 8.21. The second kappa shape index (κ2) is 10.9. The molecule has 0 bridgehead atoms. The molecule has 0 saturated heterocycles. The van der Waals surface area contributed by atoms with Crippen LogP contribution >= 0.6 is 0 Å². The molecule has 29 heavy (non-hydrogen) atoms. The molecule has 160 valence electrons. The van der Waals surface area contributed by atoms with Crippen molar-refractivity contribution in [2.24, 2.45) is 5.92 Å². The normalized spacial score (nSPS) is 10.9. The Labute approximate surface area is 175 Å². The average Bonchev–Trinajstić information content (AvgIpc) is 3.10. The highest BCUT2D eigenvalue weighted by Crippen LogP contribution is 2.32. The fourth-order valence-electron chi connectivity index (χ4n) is 2.65. The van der Waals surface area contributed by atoms with Crippen molar-refractivity contribution >= 4 is 17.3 Å². The number of ketones is 1. The van der Waals surface area contributed by atoms with E-state index in [9.17, 15) is 4.79 Å². The van der Waals surface area contributed by atoms with Crippen LogP contribution in [-0.2, 0) is 0 Å². The van der Waals surface area contributed by atoms with Crippen LogP contribution in [0.2, 0.25) is 0 Å². The quantitative estimate of drug-likeness (QED) is 0.442. The Morgan fingerprint density at radius 2 is 1.76 bits per heavy atom. The largest absolute Gasteiger partial charge is 0.367 e. The van der Waals surface area contributed by atoms with Gasteiger partial charge >= 0.3 is 0 Å². The van der Waals surface area contributed by atoms with E-state index in [1.807, 2.05) is 38.6 Å². The van der Waals surface area contributed by atoms with Crippen molar-refractivity contribution in [3.8, 4) is 11.1 Å². The minimum Gasteiger partial charge on any atom is -0.367 e. The summed E-state index contributed by atoms with van der Waals surface area (Å²) in [6.45, 7) is 17.9. The summed E-state index contributed by atoms with van der Waals surface area (Å²) < 4.78 is 1.88. The van der Waals surface area contributed by atoms with E-state index < -0.39 is 0 Å². The lowest BCUT2D eigenvalue weighted by Gasteiger charge is -2.20. The summed E-state index contributed by atoms with van der Waals surface area (Å²) in [5, 5.41) is 16.4. The highest BCUT2D eigenvalue weighted by molar-refractivity contribution is 6.10. The van der Waals surface area contributed by atoms with Gasteiger partial charge in [0.05, 0.1) is 6.20 Å². The van der Waals surface area contributed by atoms with E-state index in [2.05, 4.69) is 43.1 Å². The van der Waals surface area contributed by atoms with E-state index in [4.69, 9.17) is 5.41 Å². The van der Waals surface area contributed by atoms with E-state index >= 15 is 0 Å². The van der Waals surface area contributed by atoms with Crippen LogP contribution in [0.4, 0.5) is 5.82 Å². The molecule has 2 N–H and O–H groups in total. The highest BCUT2D eigenvalue weighted by Gasteiger charge is 2.22. The fourth-order valence-corrected chi connectivity index (χ4v) is 2.65. The molecule has 0 spiro atoms. The van der Waals surface area contributed by atoms with E-state index in [1.165, 1.54) is 13.3 Å². The minimum absolute atomic E-state index is 0.0339. The Morgan fingerprint density at radius 1 is 1.17 bits per heavy atom. The maximum atomic E-state index is 12.0.